The van der Waals surface area contributed by atoms with Crippen LogP contribution >= 0.6 is 34.8 Å². The molecule has 2 aliphatic heterocycles. The van der Waals surface area contributed by atoms with Crippen molar-refractivity contribution in [1.29, 1.82) is 0 Å². The lowest BCUT2D eigenvalue weighted by Gasteiger charge is -2.52. The van der Waals surface area contributed by atoms with Crippen LogP contribution < -0.4 is 5.32 Å². The number of esters is 1. The second kappa shape index (κ2) is 6.68. The van der Waals surface area contributed by atoms with Crippen molar-refractivity contribution in [1.82, 2.24) is 10.2 Å². The van der Waals surface area contributed by atoms with Gasteiger partial charge in [-0.1, -0.05) is 41.4 Å². The van der Waals surface area contributed by atoms with Crippen LogP contribution in [-0.4, -0.2) is 60.8 Å². The van der Waals surface area contributed by atoms with E-state index in [0.29, 0.717) is 0 Å². The highest BCUT2D eigenvalue weighted by Crippen LogP contribution is 2.37. The Labute approximate surface area is 150 Å². The molecule has 2 rings (SSSR count). The van der Waals surface area contributed by atoms with E-state index in [2.05, 4.69) is 11.9 Å². The Hall–Kier alpha value is -0.670. The van der Waals surface area contributed by atoms with Crippen LogP contribution in [0.15, 0.2) is 12.2 Å². The third-order valence-corrected chi connectivity index (χ3v) is 5.32. The van der Waals surface area contributed by atoms with Crippen molar-refractivity contribution in [2.45, 2.75) is 28.2 Å². The first-order chi connectivity index (χ1) is 10.5. The van der Waals surface area contributed by atoms with Crippen molar-refractivity contribution >= 4 is 63.8 Å². The van der Waals surface area contributed by atoms with E-state index in [1.165, 1.54) is 6.92 Å². The van der Waals surface area contributed by atoms with Gasteiger partial charge in [-0.3, -0.25) is 14.5 Å². The lowest BCUT2D eigenvalue weighted by atomic mass is 9.98. The predicted molar refractivity (Wildman–Crippen MR) is 85.4 cm³/mol. The molecule has 2 saturated heterocycles. The summed E-state index contributed by atoms with van der Waals surface area (Å²) < 4.78 is 15.3. The van der Waals surface area contributed by atoms with Gasteiger partial charge >= 0.3 is 5.97 Å². The molecular weight excluding hydrogens is 391 g/mol. The fourth-order valence-corrected chi connectivity index (χ4v) is 4.27. The van der Waals surface area contributed by atoms with Crippen molar-refractivity contribution < 1.29 is 23.7 Å². The molecule has 2 fully saturated rings. The lowest BCUT2D eigenvalue weighted by molar-refractivity contribution is -0.163. The molecule has 4 atom stereocenters. The molecule has 0 aromatic heterocycles. The number of fused-ring (bicyclic) bond motifs is 1. The molecule has 23 heavy (non-hydrogen) atoms. The van der Waals surface area contributed by atoms with Crippen LogP contribution in [-0.2, 0) is 30.3 Å². The molecular formula is C12H13Cl3N2O5S. The van der Waals surface area contributed by atoms with E-state index in [4.69, 9.17) is 39.5 Å². The molecule has 3 unspecified atom stereocenters. The molecule has 0 bridgehead atoms. The van der Waals surface area contributed by atoms with E-state index in [1.807, 2.05) is 0 Å². The number of halogens is 3. The molecule has 11 heteroatoms. The molecule has 128 valence electrons. The number of hydrogen-bond donors (Lipinski definition) is 1. The Bertz CT molecular complexity index is 567. The largest absolute Gasteiger partial charge is 0.614 e. The molecule has 2 aliphatic rings. The standard InChI is InChI=1S/C12H13Cl3N2O5S/c1-5-3-23(21)10-7(16-6(2)18)9(19)17(10)8(5)11(20)22-4-12(13,14)15/h7-8,10H,1,3-4H2,2H3,(H,16,18)/t7?,8?,10-,23?/m1/s1. The summed E-state index contributed by atoms with van der Waals surface area (Å²) in [6.07, 6.45) is 0. The van der Waals surface area contributed by atoms with Gasteiger partial charge in [0.05, 0.1) is 0 Å². The maximum absolute atomic E-state index is 12.2. The molecule has 2 heterocycles. The average Bonchev–Trinajstić information content (AvgIpc) is 2.41. The highest BCUT2D eigenvalue weighted by molar-refractivity contribution is 7.92. The normalized spacial score (nSPS) is 30.4. The number of hydrogen-bond acceptors (Lipinski definition) is 5. The van der Waals surface area contributed by atoms with Gasteiger partial charge in [-0.2, -0.15) is 0 Å². The third-order valence-electron chi connectivity index (χ3n) is 3.30. The molecule has 0 aromatic carbocycles. The van der Waals surface area contributed by atoms with E-state index < -0.39 is 56.8 Å². The summed E-state index contributed by atoms with van der Waals surface area (Å²) in [5.74, 6) is -1.77. The summed E-state index contributed by atoms with van der Waals surface area (Å²) in [5.41, 5.74) is 0.267. The van der Waals surface area contributed by atoms with Crippen molar-refractivity contribution in [2.75, 3.05) is 12.4 Å². The van der Waals surface area contributed by atoms with E-state index in [-0.39, 0.29) is 11.3 Å². The summed E-state index contributed by atoms with van der Waals surface area (Å²) in [6.45, 7) is 4.43. The Balaban J connectivity index is 2.14. The maximum atomic E-state index is 12.2. The van der Waals surface area contributed by atoms with Crippen LogP contribution in [0.2, 0.25) is 0 Å². The molecule has 0 aromatic rings. The first-order valence-corrected chi connectivity index (χ1v) is 8.92. The topological polar surface area (TPSA) is 98.8 Å². The smallest absolute Gasteiger partial charge is 0.333 e. The Kier molecular flexibility index (Phi) is 5.42. The summed E-state index contributed by atoms with van der Waals surface area (Å²) in [6, 6.07) is -2.03. The van der Waals surface area contributed by atoms with Crippen LogP contribution in [0.4, 0.5) is 0 Å². The fourth-order valence-electron chi connectivity index (χ4n) is 2.45. The van der Waals surface area contributed by atoms with Crippen LogP contribution in [0.5, 0.6) is 0 Å². The zero-order valence-corrected chi connectivity index (χ0v) is 15.0. The highest BCUT2D eigenvalue weighted by atomic mass is 35.6. The number of nitrogens with zero attached hydrogens (tertiary/aromatic N) is 1. The van der Waals surface area contributed by atoms with Crippen molar-refractivity contribution in [3.63, 3.8) is 0 Å². The molecule has 0 radical (unpaired) electrons. The number of β-lactam (4-membered cyclic amide) rings is 1. The fraction of sp³-hybridized carbons (Fsp3) is 0.583. The van der Waals surface area contributed by atoms with Crippen LogP contribution in [0, 0.1) is 0 Å². The molecule has 1 N–H and O–H groups in total. The Morgan fingerprint density at radius 2 is 2.13 bits per heavy atom. The molecule has 2 amide bonds. The summed E-state index contributed by atoms with van der Waals surface area (Å²) in [5, 5.41) is 1.62. The maximum Gasteiger partial charge on any atom is 0.333 e. The van der Waals surface area contributed by atoms with Crippen LogP contribution in [0.3, 0.4) is 0 Å². The second-order valence-electron chi connectivity index (χ2n) is 5.12. The number of carbonyl (C=O) groups excluding carboxylic acids is 3. The summed E-state index contributed by atoms with van der Waals surface area (Å²) >= 11 is 15.1. The predicted octanol–water partition coefficient (Wildman–Crippen LogP) is 0.260. The number of ether oxygens (including phenoxy) is 1. The minimum absolute atomic E-state index is 0.0120. The Morgan fingerprint density at radius 3 is 2.65 bits per heavy atom. The van der Waals surface area contributed by atoms with Gasteiger partial charge in [-0.05, 0) is 11.2 Å². The van der Waals surface area contributed by atoms with E-state index in [1.54, 1.807) is 0 Å². The second-order valence-corrected chi connectivity index (χ2v) is 9.17. The van der Waals surface area contributed by atoms with Gasteiger partial charge in [0.15, 0.2) is 12.1 Å². The van der Waals surface area contributed by atoms with Gasteiger partial charge in [0.1, 0.15) is 12.4 Å². The quantitative estimate of drug-likeness (QED) is 0.240. The third kappa shape index (κ3) is 3.88. The Morgan fingerprint density at radius 1 is 1.52 bits per heavy atom. The van der Waals surface area contributed by atoms with Crippen molar-refractivity contribution in [3.05, 3.63) is 12.2 Å². The SMILES string of the molecule is C=C1C[S+]([O-])[C@@H]2C(NC(C)=O)C(=O)N2C1C(=O)OCC(Cl)(Cl)Cl. The lowest BCUT2D eigenvalue weighted by Crippen LogP contribution is -2.78. The number of amides is 2. The minimum Gasteiger partial charge on any atom is -0.614 e. The first-order valence-electron chi connectivity index (χ1n) is 6.40. The van der Waals surface area contributed by atoms with Gasteiger partial charge in [0, 0.05) is 12.5 Å². The zero-order valence-electron chi connectivity index (χ0n) is 11.9. The zero-order chi connectivity index (χ0) is 17.5. The van der Waals surface area contributed by atoms with Gasteiger partial charge in [-0.25, -0.2) is 4.79 Å². The molecule has 0 aliphatic carbocycles. The summed E-state index contributed by atoms with van der Waals surface area (Å²) in [4.78, 5) is 36.6. The summed E-state index contributed by atoms with van der Waals surface area (Å²) in [7, 11) is 0. The van der Waals surface area contributed by atoms with Gasteiger partial charge in [0.25, 0.3) is 5.91 Å². The number of alkyl halides is 3. The van der Waals surface area contributed by atoms with E-state index in [0.717, 1.165) is 4.90 Å². The van der Waals surface area contributed by atoms with Gasteiger partial charge < -0.3 is 14.6 Å². The monoisotopic (exact) mass is 402 g/mol. The first kappa shape index (κ1) is 18.7. The average molecular weight is 404 g/mol. The van der Waals surface area contributed by atoms with Crippen molar-refractivity contribution in [3.8, 4) is 0 Å². The minimum atomic E-state index is -1.79. The van der Waals surface area contributed by atoms with Crippen LogP contribution in [0.25, 0.3) is 0 Å². The van der Waals surface area contributed by atoms with Crippen molar-refractivity contribution in [2.24, 2.45) is 0 Å². The van der Waals surface area contributed by atoms with E-state index in [9.17, 15) is 18.9 Å². The highest BCUT2D eigenvalue weighted by Gasteiger charge is 2.62. The van der Waals surface area contributed by atoms with Gasteiger partial charge in [-0.15, -0.1) is 0 Å². The van der Waals surface area contributed by atoms with Crippen LogP contribution in [0.1, 0.15) is 6.92 Å². The number of rotatable bonds is 3. The number of nitrogens with one attached hydrogen (secondary N) is 1. The van der Waals surface area contributed by atoms with E-state index >= 15 is 0 Å². The molecule has 7 nitrogen and oxygen atoms in total. The molecule has 0 spiro atoms. The molecule has 0 saturated carbocycles. The number of carbonyl (C=O) groups is 3. The van der Waals surface area contributed by atoms with Gasteiger partial charge in [0.2, 0.25) is 15.1 Å².